The van der Waals surface area contributed by atoms with Crippen molar-refractivity contribution < 1.29 is 9.21 Å². The predicted molar refractivity (Wildman–Crippen MR) is 96.3 cm³/mol. The van der Waals surface area contributed by atoms with Crippen molar-refractivity contribution in [3.63, 3.8) is 0 Å². The van der Waals surface area contributed by atoms with Crippen LogP contribution >= 0.6 is 0 Å². The van der Waals surface area contributed by atoms with Crippen LogP contribution in [-0.2, 0) is 0 Å². The van der Waals surface area contributed by atoms with Crippen LogP contribution in [0.5, 0.6) is 0 Å². The topological polar surface area (TPSA) is 30.2 Å². The molecule has 116 valence electrons. The Hall–Kier alpha value is -3.13. The van der Waals surface area contributed by atoms with Gasteiger partial charge in [-0.3, -0.25) is 4.79 Å². The van der Waals surface area contributed by atoms with Crippen LogP contribution in [0.1, 0.15) is 21.5 Å². The molecule has 0 saturated carbocycles. The number of ketones is 1. The minimum absolute atomic E-state index is 0.0150. The molecule has 0 aliphatic carbocycles. The summed E-state index contributed by atoms with van der Waals surface area (Å²) in [6.45, 7) is 2.01. The van der Waals surface area contributed by atoms with Gasteiger partial charge in [-0.2, -0.15) is 0 Å². The maximum absolute atomic E-state index is 13.2. The van der Waals surface area contributed by atoms with Crippen LogP contribution in [0.4, 0.5) is 0 Å². The molecule has 4 rings (SSSR count). The summed E-state index contributed by atoms with van der Waals surface area (Å²) in [4.78, 5) is 13.2. The van der Waals surface area contributed by atoms with Crippen molar-refractivity contribution in [2.24, 2.45) is 0 Å². The van der Waals surface area contributed by atoms with E-state index in [2.05, 4.69) is 0 Å². The maximum atomic E-state index is 13.2. The van der Waals surface area contributed by atoms with Gasteiger partial charge in [-0.15, -0.1) is 0 Å². The molecule has 4 aromatic rings. The Morgan fingerprint density at radius 1 is 0.792 bits per heavy atom. The first-order valence-corrected chi connectivity index (χ1v) is 7.92. The highest BCUT2D eigenvalue weighted by Crippen LogP contribution is 2.35. The van der Waals surface area contributed by atoms with E-state index in [1.54, 1.807) is 0 Å². The zero-order valence-electron chi connectivity index (χ0n) is 13.3. The number of aryl methyl sites for hydroxylation is 1. The molecule has 3 aromatic carbocycles. The number of hydrogen-bond donors (Lipinski definition) is 0. The summed E-state index contributed by atoms with van der Waals surface area (Å²) in [6, 6.07) is 25.1. The van der Waals surface area contributed by atoms with Gasteiger partial charge in [0.15, 0.2) is 5.78 Å². The Kier molecular flexibility index (Phi) is 3.51. The maximum Gasteiger partial charge on any atom is 0.197 e. The SMILES string of the molecule is Cc1ccc(C(=O)c2c(-c3ccccc3)oc3ccccc23)cc1. The van der Waals surface area contributed by atoms with Gasteiger partial charge in [-0.25, -0.2) is 0 Å². The molecule has 0 atom stereocenters. The lowest BCUT2D eigenvalue weighted by Crippen LogP contribution is -2.02. The van der Waals surface area contributed by atoms with Crippen molar-refractivity contribution >= 4 is 16.8 Å². The standard InChI is InChI=1S/C22H16O2/c1-15-11-13-16(14-12-15)21(23)20-18-9-5-6-10-19(18)24-22(20)17-7-3-2-4-8-17/h2-14H,1H3. The lowest BCUT2D eigenvalue weighted by Gasteiger charge is -2.04. The van der Waals surface area contributed by atoms with E-state index in [1.165, 1.54) is 0 Å². The van der Waals surface area contributed by atoms with E-state index in [1.807, 2.05) is 85.8 Å². The summed E-state index contributed by atoms with van der Waals surface area (Å²) < 4.78 is 6.03. The monoisotopic (exact) mass is 312 g/mol. The second kappa shape index (κ2) is 5.82. The number of rotatable bonds is 3. The molecular formula is C22H16O2. The van der Waals surface area contributed by atoms with E-state index in [-0.39, 0.29) is 5.78 Å². The molecule has 0 unspecified atom stereocenters. The van der Waals surface area contributed by atoms with Gasteiger partial charge in [0.2, 0.25) is 0 Å². The largest absolute Gasteiger partial charge is 0.455 e. The highest BCUT2D eigenvalue weighted by atomic mass is 16.3. The Morgan fingerprint density at radius 3 is 2.21 bits per heavy atom. The van der Waals surface area contributed by atoms with E-state index in [0.29, 0.717) is 16.9 Å². The quantitative estimate of drug-likeness (QED) is 0.458. The van der Waals surface area contributed by atoms with Crippen molar-refractivity contribution in [3.8, 4) is 11.3 Å². The summed E-state index contributed by atoms with van der Waals surface area (Å²) in [6.07, 6.45) is 0. The highest BCUT2D eigenvalue weighted by molar-refractivity contribution is 6.19. The van der Waals surface area contributed by atoms with Crippen LogP contribution in [-0.4, -0.2) is 5.78 Å². The van der Waals surface area contributed by atoms with Crippen LogP contribution in [0.25, 0.3) is 22.3 Å². The molecule has 0 bridgehead atoms. The number of fused-ring (bicyclic) bond motifs is 1. The van der Waals surface area contributed by atoms with Crippen LogP contribution in [0.15, 0.2) is 83.3 Å². The fourth-order valence-electron chi connectivity index (χ4n) is 2.91. The highest BCUT2D eigenvalue weighted by Gasteiger charge is 2.22. The number of furan rings is 1. The zero-order chi connectivity index (χ0) is 16.5. The molecule has 2 heteroatoms. The van der Waals surface area contributed by atoms with Crippen LogP contribution in [0.3, 0.4) is 0 Å². The Bertz CT molecular complexity index is 1010. The molecule has 1 aromatic heterocycles. The van der Waals surface area contributed by atoms with Gasteiger partial charge in [-0.05, 0) is 13.0 Å². The Balaban J connectivity index is 1.96. The van der Waals surface area contributed by atoms with Crippen molar-refractivity contribution in [2.45, 2.75) is 6.92 Å². The number of carbonyl (C=O) groups excluding carboxylic acids is 1. The van der Waals surface area contributed by atoms with E-state index >= 15 is 0 Å². The number of carbonyl (C=O) groups is 1. The second-order valence-corrected chi connectivity index (χ2v) is 5.86. The molecule has 0 amide bonds. The normalized spacial score (nSPS) is 10.9. The molecule has 1 heterocycles. The molecule has 0 aliphatic rings. The third-order valence-electron chi connectivity index (χ3n) is 4.17. The van der Waals surface area contributed by atoms with Crippen LogP contribution in [0, 0.1) is 6.92 Å². The van der Waals surface area contributed by atoms with E-state index < -0.39 is 0 Å². The average Bonchev–Trinajstić information content (AvgIpc) is 3.02. The van der Waals surface area contributed by atoms with Gasteiger partial charge in [0.05, 0.1) is 5.56 Å². The minimum atomic E-state index is -0.0150. The van der Waals surface area contributed by atoms with Crippen molar-refractivity contribution in [1.82, 2.24) is 0 Å². The van der Waals surface area contributed by atoms with Crippen molar-refractivity contribution in [2.75, 3.05) is 0 Å². The lowest BCUT2D eigenvalue weighted by molar-refractivity contribution is 0.104. The first-order chi connectivity index (χ1) is 11.7. The number of benzene rings is 3. The summed E-state index contributed by atoms with van der Waals surface area (Å²) in [5, 5.41) is 0.849. The molecule has 0 saturated heterocycles. The predicted octanol–water partition coefficient (Wildman–Crippen LogP) is 5.64. The smallest absolute Gasteiger partial charge is 0.197 e. The van der Waals surface area contributed by atoms with Gasteiger partial charge < -0.3 is 4.42 Å². The zero-order valence-corrected chi connectivity index (χ0v) is 13.3. The fourth-order valence-corrected chi connectivity index (χ4v) is 2.91. The molecule has 0 fully saturated rings. The van der Waals surface area contributed by atoms with Gasteiger partial charge >= 0.3 is 0 Å². The Labute approximate surface area is 140 Å². The van der Waals surface area contributed by atoms with E-state index in [4.69, 9.17) is 4.42 Å². The fraction of sp³-hybridized carbons (Fsp3) is 0.0455. The second-order valence-electron chi connectivity index (χ2n) is 5.86. The minimum Gasteiger partial charge on any atom is -0.455 e. The van der Waals surface area contributed by atoms with Crippen LogP contribution in [0.2, 0.25) is 0 Å². The molecule has 24 heavy (non-hydrogen) atoms. The summed E-state index contributed by atoms with van der Waals surface area (Å²) in [7, 11) is 0. The van der Waals surface area contributed by atoms with E-state index in [0.717, 1.165) is 22.1 Å². The number of hydrogen-bond acceptors (Lipinski definition) is 2. The molecule has 0 aliphatic heterocycles. The first-order valence-electron chi connectivity index (χ1n) is 7.92. The van der Waals surface area contributed by atoms with Gasteiger partial charge in [-0.1, -0.05) is 78.4 Å². The summed E-state index contributed by atoms with van der Waals surface area (Å²) in [5.41, 5.74) is 4.06. The molecule has 0 spiro atoms. The lowest BCUT2D eigenvalue weighted by atomic mass is 9.97. The third kappa shape index (κ3) is 2.42. The molecular weight excluding hydrogens is 296 g/mol. The molecule has 0 radical (unpaired) electrons. The summed E-state index contributed by atoms with van der Waals surface area (Å²) in [5.74, 6) is 0.612. The van der Waals surface area contributed by atoms with Crippen molar-refractivity contribution in [1.29, 1.82) is 0 Å². The van der Waals surface area contributed by atoms with Gasteiger partial charge in [0, 0.05) is 16.5 Å². The first kappa shape index (κ1) is 14.5. The number of para-hydroxylation sites is 1. The molecule has 2 nitrogen and oxygen atoms in total. The average molecular weight is 312 g/mol. The molecule has 0 N–H and O–H groups in total. The van der Waals surface area contributed by atoms with E-state index in [9.17, 15) is 4.79 Å². The van der Waals surface area contributed by atoms with Crippen LogP contribution < -0.4 is 0 Å². The van der Waals surface area contributed by atoms with Gasteiger partial charge in [0.25, 0.3) is 0 Å². The summed E-state index contributed by atoms with van der Waals surface area (Å²) >= 11 is 0. The third-order valence-corrected chi connectivity index (χ3v) is 4.17. The van der Waals surface area contributed by atoms with Crippen molar-refractivity contribution in [3.05, 3.63) is 95.6 Å². The van der Waals surface area contributed by atoms with Gasteiger partial charge in [0.1, 0.15) is 11.3 Å². The Morgan fingerprint density at radius 2 is 1.46 bits per heavy atom.